The summed E-state index contributed by atoms with van der Waals surface area (Å²) in [5, 5.41) is 3.15. The maximum Gasteiger partial charge on any atom is 0.223 e. The van der Waals surface area contributed by atoms with E-state index in [1.54, 1.807) is 31.5 Å². The van der Waals surface area contributed by atoms with Gasteiger partial charge in [-0.05, 0) is 0 Å². The van der Waals surface area contributed by atoms with Crippen molar-refractivity contribution in [3.05, 3.63) is 18.2 Å². The number of amides is 1. The fourth-order valence-corrected chi connectivity index (χ4v) is 1.02. The minimum Gasteiger partial charge on any atom is -0.349 e. The van der Waals surface area contributed by atoms with Crippen molar-refractivity contribution in [2.24, 2.45) is 0 Å². The van der Waals surface area contributed by atoms with Crippen LogP contribution in [0.25, 0.3) is 0 Å². The van der Waals surface area contributed by atoms with Crippen LogP contribution in [0.5, 0.6) is 0 Å². The molecule has 1 aromatic rings. The highest BCUT2D eigenvalue weighted by Crippen LogP contribution is 1.90. The molecule has 14 heavy (non-hydrogen) atoms. The first-order valence-corrected chi connectivity index (χ1v) is 4.58. The van der Waals surface area contributed by atoms with Crippen LogP contribution < -0.4 is 5.32 Å². The Kier molecular flexibility index (Phi) is 4.12. The van der Waals surface area contributed by atoms with Crippen molar-refractivity contribution in [3.63, 3.8) is 0 Å². The van der Waals surface area contributed by atoms with Gasteiger partial charge in [0.15, 0.2) is 0 Å². The molecule has 5 heteroatoms. The largest absolute Gasteiger partial charge is 0.349 e. The molecule has 2 N–H and O–H groups in total. The van der Waals surface area contributed by atoms with Crippen LogP contribution in [0.3, 0.4) is 0 Å². The van der Waals surface area contributed by atoms with Gasteiger partial charge in [0, 0.05) is 45.5 Å². The van der Waals surface area contributed by atoms with Crippen molar-refractivity contribution in [1.29, 1.82) is 0 Å². The smallest absolute Gasteiger partial charge is 0.223 e. The third-order valence-electron chi connectivity index (χ3n) is 1.88. The van der Waals surface area contributed by atoms with Crippen LogP contribution in [0.15, 0.2) is 12.5 Å². The van der Waals surface area contributed by atoms with Crippen molar-refractivity contribution >= 4 is 5.91 Å². The quantitative estimate of drug-likeness (QED) is 0.650. The zero-order valence-corrected chi connectivity index (χ0v) is 8.58. The Morgan fingerprint density at radius 2 is 2.43 bits per heavy atom. The lowest BCUT2D eigenvalue weighted by Gasteiger charge is -2.09. The molecule has 5 nitrogen and oxygen atoms in total. The molecule has 1 rings (SSSR count). The summed E-state index contributed by atoms with van der Waals surface area (Å²) in [6, 6.07) is 0. The summed E-state index contributed by atoms with van der Waals surface area (Å²) in [5.74, 6) is 0.141. The molecule has 1 heterocycles. The summed E-state index contributed by atoms with van der Waals surface area (Å²) in [6.07, 6.45) is 3.93. The van der Waals surface area contributed by atoms with Gasteiger partial charge in [-0.25, -0.2) is 4.98 Å². The summed E-state index contributed by atoms with van der Waals surface area (Å²) >= 11 is 0. The molecule has 0 aliphatic rings. The lowest BCUT2D eigenvalue weighted by molar-refractivity contribution is -0.128. The molecule has 0 saturated heterocycles. The van der Waals surface area contributed by atoms with E-state index in [-0.39, 0.29) is 5.91 Å². The number of aromatic amines is 1. The van der Waals surface area contributed by atoms with E-state index in [4.69, 9.17) is 0 Å². The van der Waals surface area contributed by atoms with E-state index in [0.29, 0.717) is 13.0 Å². The van der Waals surface area contributed by atoms with Crippen LogP contribution in [-0.2, 0) is 11.3 Å². The summed E-state index contributed by atoms with van der Waals surface area (Å²) in [6.45, 7) is 1.41. The lowest BCUT2D eigenvalue weighted by atomic mass is 10.3. The van der Waals surface area contributed by atoms with Crippen LogP contribution in [0.1, 0.15) is 12.1 Å². The Labute approximate surface area is 83.5 Å². The average Bonchev–Trinajstić information content (AvgIpc) is 2.64. The molecule has 78 valence electrons. The first-order valence-electron chi connectivity index (χ1n) is 4.58. The second-order valence-electron chi connectivity index (χ2n) is 3.29. The number of nitrogens with one attached hydrogen (secondary N) is 2. The van der Waals surface area contributed by atoms with E-state index in [9.17, 15) is 4.79 Å². The molecule has 0 atom stereocenters. The van der Waals surface area contributed by atoms with E-state index in [1.165, 1.54) is 0 Å². The van der Waals surface area contributed by atoms with E-state index in [2.05, 4.69) is 15.3 Å². The third kappa shape index (κ3) is 3.57. The number of hydrogen-bond acceptors (Lipinski definition) is 3. The number of hydrogen-bond donors (Lipinski definition) is 2. The molecular weight excluding hydrogens is 180 g/mol. The van der Waals surface area contributed by atoms with E-state index < -0.39 is 0 Å². The predicted octanol–water partition coefficient (Wildman–Crippen LogP) is -0.0224. The number of carbonyl (C=O) groups is 1. The van der Waals surface area contributed by atoms with Crippen LogP contribution >= 0.6 is 0 Å². The van der Waals surface area contributed by atoms with Crippen LogP contribution in [0.2, 0.25) is 0 Å². The van der Waals surface area contributed by atoms with Gasteiger partial charge in [-0.3, -0.25) is 4.79 Å². The monoisotopic (exact) mass is 196 g/mol. The standard InChI is InChI=1S/C9H16N4O/c1-13(2)9(14)3-4-10-5-8-6-11-7-12-8/h6-7,10H,3-5H2,1-2H3,(H,11,12). The van der Waals surface area contributed by atoms with E-state index >= 15 is 0 Å². The van der Waals surface area contributed by atoms with Gasteiger partial charge in [-0.15, -0.1) is 0 Å². The van der Waals surface area contributed by atoms with Crippen molar-refractivity contribution in [2.45, 2.75) is 13.0 Å². The lowest BCUT2D eigenvalue weighted by Crippen LogP contribution is -2.26. The molecule has 1 amide bonds. The van der Waals surface area contributed by atoms with Crippen molar-refractivity contribution in [1.82, 2.24) is 20.2 Å². The first kappa shape index (κ1) is 10.7. The minimum atomic E-state index is 0.141. The highest BCUT2D eigenvalue weighted by Gasteiger charge is 2.02. The fraction of sp³-hybridized carbons (Fsp3) is 0.556. The molecule has 0 aliphatic heterocycles. The van der Waals surface area contributed by atoms with Crippen molar-refractivity contribution < 1.29 is 4.79 Å². The molecule has 0 radical (unpaired) electrons. The highest BCUT2D eigenvalue weighted by molar-refractivity contribution is 5.75. The van der Waals surface area contributed by atoms with Crippen LogP contribution in [-0.4, -0.2) is 41.4 Å². The number of H-pyrrole nitrogens is 1. The Morgan fingerprint density at radius 1 is 1.64 bits per heavy atom. The minimum absolute atomic E-state index is 0.141. The topological polar surface area (TPSA) is 61.0 Å². The molecule has 0 unspecified atom stereocenters. The van der Waals surface area contributed by atoms with Crippen LogP contribution in [0, 0.1) is 0 Å². The van der Waals surface area contributed by atoms with Gasteiger partial charge >= 0.3 is 0 Å². The Morgan fingerprint density at radius 3 is 3.00 bits per heavy atom. The molecule has 0 aliphatic carbocycles. The van der Waals surface area contributed by atoms with Gasteiger partial charge in [-0.1, -0.05) is 0 Å². The Bertz CT molecular complexity index is 268. The Hall–Kier alpha value is -1.36. The number of nitrogens with zero attached hydrogens (tertiary/aromatic N) is 2. The highest BCUT2D eigenvalue weighted by atomic mass is 16.2. The van der Waals surface area contributed by atoms with Gasteiger partial charge in [0.1, 0.15) is 0 Å². The van der Waals surface area contributed by atoms with Gasteiger partial charge in [0.05, 0.1) is 6.33 Å². The van der Waals surface area contributed by atoms with Gasteiger partial charge in [0.25, 0.3) is 0 Å². The van der Waals surface area contributed by atoms with Gasteiger partial charge < -0.3 is 15.2 Å². The van der Waals surface area contributed by atoms with Crippen molar-refractivity contribution in [2.75, 3.05) is 20.6 Å². The molecule has 0 saturated carbocycles. The van der Waals surface area contributed by atoms with E-state index in [0.717, 1.165) is 12.2 Å². The second-order valence-corrected chi connectivity index (χ2v) is 3.29. The van der Waals surface area contributed by atoms with Gasteiger partial charge in [0.2, 0.25) is 5.91 Å². The normalized spacial score (nSPS) is 10.1. The summed E-state index contributed by atoms with van der Waals surface area (Å²) < 4.78 is 0. The first-order chi connectivity index (χ1) is 6.70. The maximum absolute atomic E-state index is 11.2. The molecule has 1 aromatic heterocycles. The third-order valence-corrected chi connectivity index (χ3v) is 1.88. The molecule has 0 bridgehead atoms. The zero-order valence-electron chi connectivity index (χ0n) is 8.58. The van der Waals surface area contributed by atoms with Crippen LogP contribution in [0.4, 0.5) is 0 Å². The average molecular weight is 196 g/mol. The van der Waals surface area contributed by atoms with Gasteiger partial charge in [-0.2, -0.15) is 0 Å². The molecular formula is C9H16N4O. The maximum atomic E-state index is 11.2. The van der Waals surface area contributed by atoms with Crippen molar-refractivity contribution in [3.8, 4) is 0 Å². The number of carbonyl (C=O) groups excluding carboxylic acids is 1. The molecule has 0 spiro atoms. The summed E-state index contributed by atoms with van der Waals surface area (Å²) in [7, 11) is 3.52. The predicted molar refractivity (Wildman–Crippen MR) is 53.6 cm³/mol. The fourth-order valence-electron chi connectivity index (χ4n) is 1.02. The SMILES string of the molecule is CN(C)C(=O)CCNCc1cnc[nH]1. The summed E-state index contributed by atoms with van der Waals surface area (Å²) in [5.41, 5.74) is 1.03. The number of aromatic nitrogens is 2. The number of rotatable bonds is 5. The molecule has 0 aromatic carbocycles. The number of imidazole rings is 1. The second kappa shape index (κ2) is 5.39. The van der Waals surface area contributed by atoms with E-state index in [1.807, 2.05) is 0 Å². The Balaban J connectivity index is 2.08. The summed E-state index contributed by atoms with van der Waals surface area (Å²) in [4.78, 5) is 19.6. The molecule has 0 fully saturated rings. The zero-order chi connectivity index (χ0) is 10.4.